The molecule has 73 heavy (non-hydrogen) atoms. The summed E-state index contributed by atoms with van der Waals surface area (Å²) in [5.41, 5.74) is 4.44. The summed E-state index contributed by atoms with van der Waals surface area (Å²) < 4.78 is 109. The summed E-state index contributed by atoms with van der Waals surface area (Å²) in [6.07, 6.45) is 19.4. The lowest BCUT2D eigenvalue weighted by molar-refractivity contribution is -0.438. The minimum atomic E-state index is -4.52. The summed E-state index contributed by atoms with van der Waals surface area (Å²) in [7, 11) is -13.2. The van der Waals surface area contributed by atoms with Gasteiger partial charge in [-0.3, -0.25) is 23.2 Å². The summed E-state index contributed by atoms with van der Waals surface area (Å²) >= 11 is 0. The first kappa shape index (κ1) is 56.8. The molecule has 0 saturated heterocycles. The van der Waals surface area contributed by atoms with Crippen molar-refractivity contribution < 1.29 is 62.9 Å². The number of esters is 1. The second kappa shape index (κ2) is 23.4. The van der Waals surface area contributed by atoms with E-state index in [-0.39, 0.29) is 35.7 Å². The van der Waals surface area contributed by atoms with Crippen LogP contribution >= 0.6 is 0 Å². The van der Waals surface area contributed by atoms with Crippen LogP contribution in [0.5, 0.6) is 0 Å². The third-order valence-corrected chi connectivity index (χ3v) is 17.1. The van der Waals surface area contributed by atoms with Crippen molar-refractivity contribution in [1.29, 1.82) is 0 Å². The van der Waals surface area contributed by atoms with Crippen molar-refractivity contribution in [3.63, 3.8) is 0 Å². The molecule has 0 fully saturated rings. The van der Waals surface area contributed by atoms with Crippen molar-refractivity contribution >= 4 is 80.9 Å². The van der Waals surface area contributed by atoms with E-state index < -0.39 is 58.4 Å². The van der Waals surface area contributed by atoms with Gasteiger partial charge in [-0.05, 0) is 124 Å². The zero-order valence-electron chi connectivity index (χ0n) is 42.5. The van der Waals surface area contributed by atoms with Crippen molar-refractivity contribution in [2.75, 3.05) is 24.6 Å². The molecule has 2 heterocycles. The zero-order chi connectivity index (χ0) is 53.5. The fraction of sp³-hybridized carbons (Fsp3) is 0.436. The van der Waals surface area contributed by atoms with Crippen molar-refractivity contribution in [2.45, 2.75) is 138 Å². The number of fused-ring (bicyclic) bond motifs is 6. The number of unbranched alkanes of at least 4 members (excludes halogenated alkanes) is 4. The highest BCUT2D eigenvalue weighted by Gasteiger charge is 2.46. The first-order chi connectivity index (χ1) is 34.3. The summed E-state index contributed by atoms with van der Waals surface area (Å²) in [6, 6.07) is 17.1. The summed E-state index contributed by atoms with van der Waals surface area (Å²) in [6.45, 7) is 13.1. The van der Waals surface area contributed by atoms with Crippen LogP contribution in [0.4, 0.5) is 11.4 Å². The number of anilines is 1. The highest BCUT2D eigenvalue weighted by Crippen LogP contribution is 2.54. The molecule has 4 N–H and O–H groups in total. The van der Waals surface area contributed by atoms with E-state index >= 15 is 0 Å². The van der Waals surface area contributed by atoms with Gasteiger partial charge < -0.3 is 14.7 Å². The zero-order valence-corrected chi connectivity index (χ0v) is 44.9. The normalized spacial score (nSPS) is 18.1. The maximum absolute atomic E-state index is 12.5. The van der Waals surface area contributed by atoms with Gasteiger partial charge in [0.2, 0.25) is 5.69 Å². The molecule has 0 saturated carbocycles. The summed E-state index contributed by atoms with van der Waals surface area (Å²) in [4.78, 5) is 25.7. The quantitative estimate of drug-likeness (QED) is 0.0159. The molecule has 4 aromatic rings. The molecule has 2 aliphatic rings. The van der Waals surface area contributed by atoms with E-state index in [9.17, 15) is 53.6 Å². The Labute approximate surface area is 430 Å². The van der Waals surface area contributed by atoms with Crippen molar-refractivity contribution in [2.24, 2.45) is 5.92 Å². The number of hydrogen-bond acceptors (Lipinski definition) is 10. The van der Waals surface area contributed by atoms with Crippen molar-refractivity contribution in [1.82, 2.24) is 0 Å². The second-order valence-corrected chi connectivity index (χ2v) is 24.9. The Morgan fingerprint density at radius 2 is 1.41 bits per heavy atom. The standard InChI is InChI=1S/C55H68N2O13S3/c1-38(2)31-35-57-46-29-26-40-25-27-41(72(64,65)66)37-44(40)53(46)55(6,33-16-10-15-24-51(60)70-36-32-39(3)71(61,62)63)49(57)22-13-9-7-8-12-21-48-54(4,5)52-43-19-18-20-47(73(67,68)69)42(43)28-30-45(52)56(48)34-17-11-14-23-50(58)59/h7-9,12-13,18-22,25-30,37-39H,10-11,14-17,23-24,31-36H2,1-6H3,(H3-,58,59,61,62,63,64,65,66,67,68,69)/p+1. The molecule has 15 nitrogen and oxygen atoms in total. The Balaban J connectivity index is 1.30. The molecular formula is C55H69N2O13S3+. The number of carboxylic acid groups (broad SMARTS) is 1. The number of rotatable bonds is 25. The number of ether oxygens (including phenoxy) is 1. The molecule has 2 atom stereocenters. The number of carboxylic acids is 1. The van der Waals surface area contributed by atoms with Gasteiger partial charge in [0, 0.05) is 72.1 Å². The van der Waals surface area contributed by atoms with Gasteiger partial charge in [0.05, 0.1) is 22.2 Å². The molecule has 18 heteroatoms. The van der Waals surface area contributed by atoms with Gasteiger partial charge in [-0.25, -0.2) is 0 Å². The molecule has 2 unspecified atom stereocenters. The topological polar surface area (TPSA) is 233 Å². The van der Waals surface area contributed by atoms with E-state index in [4.69, 9.17) is 4.74 Å². The predicted molar refractivity (Wildman–Crippen MR) is 286 cm³/mol. The van der Waals surface area contributed by atoms with Crippen LogP contribution in [0.3, 0.4) is 0 Å². The van der Waals surface area contributed by atoms with Crippen LogP contribution in [-0.2, 0) is 55.5 Å². The van der Waals surface area contributed by atoms with E-state index in [1.165, 1.54) is 25.1 Å². The van der Waals surface area contributed by atoms with Gasteiger partial charge in [-0.15, -0.1) is 0 Å². The average Bonchev–Trinajstić information content (AvgIpc) is 3.67. The number of carbonyl (C=O) groups is 2. The molecule has 0 aliphatic carbocycles. The first-order valence-electron chi connectivity index (χ1n) is 24.8. The lowest BCUT2D eigenvalue weighted by Gasteiger charge is -2.31. The van der Waals surface area contributed by atoms with Crippen molar-refractivity contribution in [3.8, 4) is 0 Å². The van der Waals surface area contributed by atoms with Crippen LogP contribution < -0.4 is 4.90 Å². The molecule has 0 spiro atoms. The number of hydrogen-bond donors (Lipinski definition) is 4. The number of carbonyl (C=O) groups excluding carboxylic acids is 1. The molecule has 0 bridgehead atoms. The second-order valence-electron chi connectivity index (χ2n) is 20.2. The molecule has 6 rings (SSSR count). The Bertz CT molecular complexity index is 3240. The maximum Gasteiger partial charge on any atom is 0.305 e. The van der Waals surface area contributed by atoms with E-state index in [1.807, 2.05) is 54.7 Å². The van der Waals surface area contributed by atoms with Crippen LogP contribution in [-0.4, -0.2) is 91.2 Å². The predicted octanol–water partition coefficient (Wildman–Crippen LogP) is 11.0. The fourth-order valence-corrected chi connectivity index (χ4v) is 11.8. The van der Waals surface area contributed by atoms with Gasteiger partial charge in [0.15, 0.2) is 5.71 Å². The van der Waals surface area contributed by atoms with Crippen LogP contribution in [0.15, 0.2) is 119 Å². The highest BCUT2D eigenvalue weighted by molar-refractivity contribution is 7.86. The molecule has 0 aromatic heterocycles. The Morgan fingerprint density at radius 3 is 2.10 bits per heavy atom. The average molecular weight is 1060 g/mol. The number of nitrogens with zero attached hydrogens (tertiary/aromatic N) is 2. The van der Waals surface area contributed by atoms with E-state index in [0.29, 0.717) is 73.7 Å². The van der Waals surface area contributed by atoms with E-state index in [2.05, 4.69) is 56.2 Å². The highest BCUT2D eigenvalue weighted by atomic mass is 32.2. The van der Waals surface area contributed by atoms with Gasteiger partial charge in [-0.2, -0.15) is 29.8 Å². The SMILES string of the molecule is CC(C)CCN1C(=CC=CC=CC=CC2=[N+](CCCCCC(=O)O)c3ccc4c(S(=O)(=O)O)cccc4c3C2(C)C)C(C)(CCCCCC(=O)OCCC(C)S(=O)(=O)O)c2c1ccc1ccc(S(=O)(=O)O)cc21. The fourth-order valence-electron chi connectivity index (χ4n) is 10.2. The Morgan fingerprint density at radius 1 is 0.726 bits per heavy atom. The summed E-state index contributed by atoms with van der Waals surface area (Å²) in [5.74, 6) is -0.921. The third-order valence-electron chi connectivity index (χ3n) is 14.1. The van der Waals surface area contributed by atoms with Gasteiger partial charge in [0.25, 0.3) is 30.4 Å². The molecule has 394 valence electrons. The number of aliphatic carboxylic acids is 1. The van der Waals surface area contributed by atoms with Crippen LogP contribution in [0, 0.1) is 5.92 Å². The minimum Gasteiger partial charge on any atom is -0.481 e. The maximum atomic E-state index is 12.5. The first-order valence-corrected chi connectivity index (χ1v) is 29.2. The third kappa shape index (κ3) is 13.4. The monoisotopic (exact) mass is 1060 g/mol. The lowest BCUT2D eigenvalue weighted by atomic mass is 9.75. The van der Waals surface area contributed by atoms with Crippen molar-refractivity contribution in [3.05, 3.63) is 120 Å². The molecule has 2 aliphatic heterocycles. The van der Waals surface area contributed by atoms with Gasteiger partial charge in [0.1, 0.15) is 11.4 Å². The van der Waals surface area contributed by atoms with E-state index in [0.717, 1.165) is 52.1 Å². The minimum absolute atomic E-state index is 0.0189. The Kier molecular flexibility index (Phi) is 18.2. The summed E-state index contributed by atoms with van der Waals surface area (Å²) in [5, 5.41) is 10.8. The molecule has 4 aromatic carbocycles. The van der Waals surface area contributed by atoms with Crippen LogP contribution in [0.2, 0.25) is 0 Å². The molecule has 0 amide bonds. The number of allylic oxidation sites excluding steroid dienone is 8. The smallest absolute Gasteiger partial charge is 0.305 e. The van der Waals surface area contributed by atoms with Gasteiger partial charge in [-0.1, -0.05) is 81.3 Å². The molecular weight excluding hydrogens is 993 g/mol. The largest absolute Gasteiger partial charge is 0.481 e. The van der Waals surface area contributed by atoms with E-state index in [1.54, 1.807) is 18.2 Å². The Hall–Kier alpha value is -5.50. The van der Waals surface area contributed by atoms with Crippen LogP contribution in [0.1, 0.15) is 123 Å². The van der Waals surface area contributed by atoms with Crippen LogP contribution in [0.25, 0.3) is 21.5 Å². The van der Waals surface area contributed by atoms with Gasteiger partial charge >= 0.3 is 11.9 Å². The number of benzene rings is 4. The molecule has 0 radical (unpaired) electrons. The lowest BCUT2D eigenvalue weighted by Crippen LogP contribution is -2.30.